The first-order valence-electron chi connectivity index (χ1n) is 11.1. The third-order valence-corrected chi connectivity index (χ3v) is 7.77. The van der Waals surface area contributed by atoms with E-state index in [9.17, 15) is 18.0 Å². The van der Waals surface area contributed by atoms with Crippen molar-refractivity contribution in [3.63, 3.8) is 0 Å². The summed E-state index contributed by atoms with van der Waals surface area (Å²) < 4.78 is 37.7. The molecule has 5 rings (SSSR count). The van der Waals surface area contributed by atoms with Gasteiger partial charge in [0.15, 0.2) is 11.5 Å². The normalized spacial score (nSPS) is 15.4. The van der Waals surface area contributed by atoms with Crippen LogP contribution in [-0.4, -0.2) is 27.0 Å². The van der Waals surface area contributed by atoms with Crippen LogP contribution in [0.4, 0.5) is 5.69 Å². The maximum atomic E-state index is 13.3. The van der Waals surface area contributed by atoms with E-state index in [0.717, 1.165) is 36.5 Å². The van der Waals surface area contributed by atoms with Gasteiger partial charge in [0.05, 0.1) is 10.3 Å². The Kier molecular flexibility index (Phi) is 5.52. The predicted molar refractivity (Wildman–Crippen MR) is 134 cm³/mol. The average molecular weight is 497 g/mol. The van der Waals surface area contributed by atoms with Crippen molar-refractivity contribution in [1.29, 1.82) is 0 Å². The van der Waals surface area contributed by atoms with E-state index in [1.54, 1.807) is 12.1 Å². The molecule has 2 aliphatic rings. The zero-order valence-corrected chi connectivity index (χ0v) is 20.1. The van der Waals surface area contributed by atoms with Crippen molar-refractivity contribution >= 4 is 27.5 Å². The number of sulfonamides is 1. The molecule has 0 spiro atoms. The van der Waals surface area contributed by atoms with Gasteiger partial charge < -0.3 is 14.8 Å². The Labute approximate surface area is 206 Å². The molecule has 184 valence electrons. The molecule has 2 N–H and O–H groups in total. The number of aryl methyl sites for hydroxylation is 1. The van der Waals surface area contributed by atoms with Gasteiger partial charge in [0.25, 0.3) is 10.0 Å². The number of amides is 2. The molecule has 1 saturated carbocycles. The number of fused-ring (bicyclic) bond motifs is 1. The molecule has 0 aromatic heterocycles. The van der Waals surface area contributed by atoms with Crippen LogP contribution in [0.1, 0.15) is 33.7 Å². The summed E-state index contributed by atoms with van der Waals surface area (Å²) in [7, 11) is -3.97. The fourth-order valence-corrected chi connectivity index (χ4v) is 5.34. The van der Waals surface area contributed by atoms with Crippen LogP contribution < -0.4 is 19.5 Å². The lowest BCUT2D eigenvalue weighted by molar-refractivity contribution is -0.118. The Hall–Kier alpha value is -3.85. The van der Waals surface area contributed by atoms with Crippen molar-refractivity contribution < 1.29 is 30.3 Å². The molecule has 0 radical (unpaired) electrons. The van der Waals surface area contributed by atoms with Crippen molar-refractivity contribution in [3.05, 3.63) is 71.8 Å². The summed E-state index contributed by atoms with van der Waals surface area (Å²) >= 11 is 0. The van der Waals surface area contributed by atoms with E-state index >= 15 is 0 Å². The Morgan fingerprint density at radius 1 is 0.971 bits per heavy atom. The van der Waals surface area contributed by atoms with Crippen molar-refractivity contribution in [1.82, 2.24) is 4.72 Å². The van der Waals surface area contributed by atoms with Crippen LogP contribution in [0.5, 0.6) is 11.5 Å². The smallest absolute Gasteiger partial charge is 0.264 e. The number of nitrogens with one attached hydrogen (secondary N) is 2. The minimum atomic E-state index is -3.97. The summed E-state index contributed by atoms with van der Waals surface area (Å²) in [5.41, 5.74) is 3.23. The summed E-state index contributed by atoms with van der Waals surface area (Å²) in [5, 5.41) is 3.03. The SMILES string of the molecule is CC(=O)NS(=O)(=O)c1cccc(-c2cc(NC(=O)C3(c4ccc5c(c4)OCO5)CC3)ccc2C)c1.[HH].[HH]. The summed E-state index contributed by atoms with van der Waals surface area (Å²) in [5.74, 6) is 0.560. The maximum Gasteiger partial charge on any atom is 0.264 e. The van der Waals surface area contributed by atoms with Gasteiger partial charge in [-0.2, -0.15) is 0 Å². The van der Waals surface area contributed by atoms with Crippen molar-refractivity contribution in [2.75, 3.05) is 12.1 Å². The van der Waals surface area contributed by atoms with Crippen LogP contribution in [0.25, 0.3) is 11.1 Å². The van der Waals surface area contributed by atoms with E-state index in [2.05, 4.69) is 5.32 Å². The minimum Gasteiger partial charge on any atom is -0.454 e. The van der Waals surface area contributed by atoms with Gasteiger partial charge in [-0.05, 0) is 78.4 Å². The Morgan fingerprint density at radius 2 is 1.74 bits per heavy atom. The standard InChI is InChI=1S/C26H24N2O6S.2H2/c1-16-6-8-20(14-22(16)18-4-3-5-21(12-18)35(31,32)28-17(2)29)27-25(30)26(10-11-26)19-7-9-23-24(13-19)34-15-33-23;;/h3-9,12-14H,10-11,15H2,1-2H3,(H,27,30)(H,28,29);2*1H. The van der Waals surface area contributed by atoms with Gasteiger partial charge in [-0.25, -0.2) is 13.1 Å². The Balaban J connectivity index is 0.00000190. The second-order valence-corrected chi connectivity index (χ2v) is 10.5. The number of ether oxygens (including phenoxy) is 2. The highest BCUT2D eigenvalue weighted by Crippen LogP contribution is 2.51. The van der Waals surface area contributed by atoms with E-state index in [1.165, 1.54) is 12.1 Å². The molecule has 1 aliphatic heterocycles. The molecule has 3 aromatic rings. The van der Waals surface area contributed by atoms with Crippen molar-refractivity contribution in [2.24, 2.45) is 0 Å². The van der Waals surface area contributed by atoms with Gasteiger partial charge >= 0.3 is 0 Å². The number of rotatable bonds is 6. The van der Waals surface area contributed by atoms with Crippen LogP contribution >= 0.6 is 0 Å². The lowest BCUT2D eigenvalue weighted by Gasteiger charge is -2.17. The predicted octanol–water partition coefficient (Wildman–Crippen LogP) is 4.38. The zero-order chi connectivity index (χ0) is 24.8. The van der Waals surface area contributed by atoms with Crippen molar-refractivity contribution in [3.8, 4) is 22.6 Å². The van der Waals surface area contributed by atoms with Crippen molar-refractivity contribution in [2.45, 2.75) is 37.0 Å². The van der Waals surface area contributed by atoms with Gasteiger partial charge in [0.2, 0.25) is 18.6 Å². The molecule has 1 fully saturated rings. The van der Waals surface area contributed by atoms with Crippen LogP contribution in [0.15, 0.2) is 65.6 Å². The molecule has 2 amide bonds. The largest absolute Gasteiger partial charge is 0.454 e. The number of carbonyl (C=O) groups is 2. The highest BCUT2D eigenvalue weighted by atomic mass is 32.2. The number of benzene rings is 3. The van der Waals surface area contributed by atoms with E-state index in [4.69, 9.17) is 9.47 Å². The topological polar surface area (TPSA) is 111 Å². The van der Waals surface area contributed by atoms with Crippen LogP contribution in [-0.2, 0) is 25.0 Å². The molecule has 9 heteroatoms. The second kappa shape index (κ2) is 8.42. The molecule has 0 saturated heterocycles. The highest BCUT2D eigenvalue weighted by molar-refractivity contribution is 7.90. The van der Waals surface area contributed by atoms with Gasteiger partial charge in [0, 0.05) is 15.5 Å². The first-order chi connectivity index (χ1) is 16.7. The van der Waals surface area contributed by atoms with E-state index < -0.39 is 21.3 Å². The molecule has 1 aliphatic carbocycles. The molecule has 0 unspecified atom stereocenters. The minimum absolute atomic E-state index is 0. The number of anilines is 1. The fourth-order valence-electron chi connectivity index (χ4n) is 4.31. The summed E-state index contributed by atoms with van der Waals surface area (Å²) in [6, 6.07) is 17.5. The third kappa shape index (κ3) is 4.35. The summed E-state index contributed by atoms with van der Waals surface area (Å²) in [6.45, 7) is 3.23. The number of hydrogen-bond acceptors (Lipinski definition) is 6. The van der Waals surface area contributed by atoms with Gasteiger partial charge in [-0.15, -0.1) is 0 Å². The molecule has 0 atom stereocenters. The Bertz CT molecular complexity index is 1470. The molecule has 0 bridgehead atoms. The monoisotopic (exact) mass is 496 g/mol. The Morgan fingerprint density at radius 3 is 2.49 bits per heavy atom. The first-order valence-corrected chi connectivity index (χ1v) is 12.6. The molecule has 8 nitrogen and oxygen atoms in total. The van der Waals surface area contributed by atoms with Crippen LogP contribution in [0.3, 0.4) is 0 Å². The number of carbonyl (C=O) groups excluding carboxylic acids is 2. The van der Waals surface area contributed by atoms with E-state index in [1.807, 2.05) is 48.0 Å². The van der Waals surface area contributed by atoms with Crippen LogP contribution in [0, 0.1) is 6.92 Å². The second-order valence-electron chi connectivity index (χ2n) is 8.82. The lowest BCUT2D eigenvalue weighted by Crippen LogP contribution is -2.28. The van der Waals surface area contributed by atoms with Gasteiger partial charge in [-0.1, -0.05) is 24.3 Å². The maximum absolute atomic E-state index is 13.3. The van der Waals surface area contributed by atoms with Gasteiger partial charge in [0.1, 0.15) is 0 Å². The quantitative estimate of drug-likeness (QED) is 0.524. The van der Waals surface area contributed by atoms with Gasteiger partial charge in [-0.3, -0.25) is 9.59 Å². The first kappa shape index (κ1) is 22.9. The zero-order valence-electron chi connectivity index (χ0n) is 19.3. The molecule has 1 heterocycles. The van der Waals surface area contributed by atoms with E-state index in [0.29, 0.717) is 22.7 Å². The van der Waals surface area contributed by atoms with Crippen LogP contribution in [0.2, 0.25) is 0 Å². The summed E-state index contributed by atoms with van der Waals surface area (Å²) in [6.07, 6.45) is 1.47. The molecule has 3 aromatic carbocycles. The molecule has 35 heavy (non-hydrogen) atoms. The number of hydrogen-bond donors (Lipinski definition) is 2. The molecular formula is C26H28N2O6S. The highest BCUT2D eigenvalue weighted by Gasteiger charge is 2.51. The lowest BCUT2D eigenvalue weighted by atomic mass is 9.94. The fraction of sp³-hybridized carbons (Fsp3) is 0.231. The molecular weight excluding hydrogens is 468 g/mol. The average Bonchev–Trinajstić information content (AvgIpc) is 3.50. The summed E-state index contributed by atoms with van der Waals surface area (Å²) in [4.78, 5) is 24.6. The third-order valence-electron chi connectivity index (χ3n) is 6.34. The van der Waals surface area contributed by atoms with E-state index in [-0.39, 0.29) is 20.4 Å².